The van der Waals surface area contributed by atoms with Crippen molar-refractivity contribution in [2.75, 3.05) is 0 Å². The molecule has 0 aromatic heterocycles. The van der Waals surface area contributed by atoms with E-state index in [1.54, 1.807) is 0 Å². The van der Waals surface area contributed by atoms with Gasteiger partial charge in [0.1, 0.15) is 0 Å². The van der Waals surface area contributed by atoms with Gasteiger partial charge < -0.3 is 0 Å². The summed E-state index contributed by atoms with van der Waals surface area (Å²) in [6.07, 6.45) is 0. The standard InChI is InChI=1S/C14H10.2C10H8.C6H6/c1-2-6-12-10-14-8-4-3-7-13(14)9-11(12)5-1;1-2-6-10-8-4-3-7-9(10)5-1;1-2-5-9-7-4-8-10(9)6-3-1;1-2-4-6-5-3-1/h1-10H;2*1-8H;1-6H. The molecule has 8 rings (SSSR count). The molecule has 2 aliphatic rings. The van der Waals surface area contributed by atoms with Crippen LogP contribution in [-0.4, -0.2) is 0 Å². The van der Waals surface area contributed by atoms with Crippen molar-refractivity contribution in [2.24, 2.45) is 0 Å². The van der Waals surface area contributed by atoms with Crippen molar-refractivity contribution in [3.8, 4) is 11.1 Å². The summed E-state index contributed by atoms with van der Waals surface area (Å²) in [5, 5.41) is 7.87. The minimum Gasteiger partial charge on any atom is -0.0623 e. The molecule has 0 bridgehead atoms. The van der Waals surface area contributed by atoms with Crippen molar-refractivity contribution < 1.29 is 0 Å². The molecule has 0 saturated carbocycles. The molecule has 0 spiro atoms. The predicted molar refractivity (Wildman–Crippen MR) is 175 cm³/mol. The summed E-state index contributed by atoms with van der Waals surface area (Å²) in [5.41, 5.74) is 2.62. The van der Waals surface area contributed by atoms with Crippen molar-refractivity contribution in [3.63, 3.8) is 0 Å². The number of rotatable bonds is 0. The molecule has 0 radical (unpaired) electrons. The maximum absolute atomic E-state index is 2.24. The molecular weight excluding hydrogens is 480 g/mol. The van der Waals surface area contributed by atoms with Gasteiger partial charge >= 0.3 is 0 Å². The number of benzene rings is 6. The first-order valence-electron chi connectivity index (χ1n) is 13.6. The highest BCUT2D eigenvalue weighted by Gasteiger charge is 1.96. The van der Waals surface area contributed by atoms with Gasteiger partial charge in [-0.15, -0.1) is 0 Å². The van der Waals surface area contributed by atoms with Gasteiger partial charge in [0.25, 0.3) is 0 Å². The zero-order chi connectivity index (χ0) is 27.2. The minimum absolute atomic E-state index is 1.31. The van der Waals surface area contributed by atoms with Crippen LogP contribution in [0, 0.1) is 0 Å². The van der Waals surface area contributed by atoms with Gasteiger partial charge in [-0.2, -0.15) is 0 Å². The van der Waals surface area contributed by atoms with E-state index in [2.05, 4.69) is 152 Å². The van der Waals surface area contributed by atoms with Crippen LogP contribution in [0.1, 0.15) is 0 Å². The van der Waals surface area contributed by atoms with Gasteiger partial charge in [-0.1, -0.05) is 182 Å². The lowest BCUT2D eigenvalue weighted by Gasteiger charge is -2.00. The van der Waals surface area contributed by atoms with Crippen LogP contribution < -0.4 is 0 Å². The van der Waals surface area contributed by atoms with E-state index in [-0.39, 0.29) is 0 Å². The third-order valence-electron chi connectivity index (χ3n) is 6.60. The van der Waals surface area contributed by atoms with Gasteiger partial charge in [0.15, 0.2) is 0 Å². The molecule has 0 amide bonds. The van der Waals surface area contributed by atoms with Crippen molar-refractivity contribution in [1.82, 2.24) is 0 Å². The van der Waals surface area contributed by atoms with Gasteiger partial charge in [-0.05, 0) is 55.6 Å². The van der Waals surface area contributed by atoms with Crippen LogP contribution in [-0.2, 0) is 0 Å². The second-order valence-electron chi connectivity index (χ2n) is 9.40. The monoisotopic (exact) mass is 512 g/mol. The Morgan fingerprint density at radius 3 is 0.725 bits per heavy atom. The van der Waals surface area contributed by atoms with Crippen molar-refractivity contribution >= 4 is 32.3 Å². The van der Waals surface area contributed by atoms with Crippen LogP contribution in [0.15, 0.2) is 194 Å². The lowest BCUT2D eigenvalue weighted by molar-refractivity contribution is 1.72. The number of hydrogen-bond acceptors (Lipinski definition) is 0. The van der Waals surface area contributed by atoms with E-state index >= 15 is 0 Å². The zero-order valence-electron chi connectivity index (χ0n) is 22.5. The minimum atomic E-state index is 1.31. The summed E-state index contributed by atoms with van der Waals surface area (Å²) in [5.74, 6) is 0. The van der Waals surface area contributed by atoms with E-state index < -0.39 is 0 Å². The highest BCUT2D eigenvalue weighted by molar-refractivity contribution is 5.98. The molecule has 2 aliphatic carbocycles. The molecule has 0 aliphatic heterocycles. The summed E-state index contributed by atoms with van der Waals surface area (Å²) in [6.45, 7) is 0. The van der Waals surface area contributed by atoms with Crippen LogP contribution in [0.4, 0.5) is 0 Å². The average Bonchev–Trinajstić information content (AvgIpc) is 3.37. The molecule has 6 aromatic rings. The summed E-state index contributed by atoms with van der Waals surface area (Å²) < 4.78 is 0. The van der Waals surface area contributed by atoms with Gasteiger partial charge in [-0.25, -0.2) is 0 Å². The van der Waals surface area contributed by atoms with E-state index in [0.717, 1.165) is 0 Å². The molecule has 6 aromatic carbocycles. The molecule has 0 unspecified atom stereocenters. The van der Waals surface area contributed by atoms with Crippen LogP contribution in [0.5, 0.6) is 0 Å². The van der Waals surface area contributed by atoms with E-state index in [0.29, 0.717) is 0 Å². The lowest BCUT2D eigenvalue weighted by atomic mass is 10.0. The average molecular weight is 513 g/mol. The SMILES string of the molecule is c1ccc2cc3ccccc3cc2c1.c1ccc2cccc-2cc1.c1ccc2ccccc2c1.c1ccccc1. The highest BCUT2D eigenvalue weighted by atomic mass is 14.0. The Morgan fingerprint density at radius 2 is 0.400 bits per heavy atom. The fourth-order valence-electron chi connectivity index (χ4n) is 4.53. The van der Waals surface area contributed by atoms with Gasteiger partial charge in [-0.3, -0.25) is 0 Å². The maximum Gasteiger partial charge on any atom is -0.0178 e. The normalized spacial score (nSPS) is 10.0. The summed E-state index contributed by atoms with van der Waals surface area (Å²) in [6, 6.07) is 66.8. The summed E-state index contributed by atoms with van der Waals surface area (Å²) >= 11 is 0. The Kier molecular flexibility index (Phi) is 9.30. The largest absolute Gasteiger partial charge is 0.0623 e. The molecule has 0 N–H and O–H groups in total. The molecule has 0 fully saturated rings. The molecule has 0 atom stereocenters. The predicted octanol–water partition coefficient (Wildman–Crippen LogP) is 11.3. The van der Waals surface area contributed by atoms with E-state index in [1.165, 1.54) is 43.4 Å². The molecular formula is C40H32. The Morgan fingerprint density at radius 1 is 0.175 bits per heavy atom. The van der Waals surface area contributed by atoms with Gasteiger partial charge in [0.05, 0.1) is 0 Å². The lowest BCUT2D eigenvalue weighted by Crippen LogP contribution is -1.74. The first-order chi connectivity index (χ1) is 19.9. The van der Waals surface area contributed by atoms with Crippen LogP contribution >= 0.6 is 0 Å². The number of hydrogen-bond donors (Lipinski definition) is 0. The highest BCUT2D eigenvalue weighted by Crippen LogP contribution is 2.22. The topological polar surface area (TPSA) is 0 Å². The fourth-order valence-corrected chi connectivity index (χ4v) is 4.53. The quantitative estimate of drug-likeness (QED) is 0.177. The van der Waals surface area contributed by atoms with Crippen LogP contribution in [0.3, 0.4) is 0 Å². The zero-order valence-corrected chi connectivity index (χ0v) is 22.5. The van der Waals surface area contributed by atoms with Crippen LogP contribution in [0.25, 0.3) is 43.4 Å². The summed E-state index contributed by atoms with van der Waals surface area (Å²) in [7, 11) is 0. The second kappa shape index (κ2) is 14.1. The third-order valence-corrected chi connectivity index (χ3v) is 6.60. The first-order valence-corrected chi connectivity index (χ1v) is 13.6. The van der Waals surface area contributed by atoms with E-state index in [4.69, 9.17) is 0 Å². The Balaban J connectivity index is 0.000000112. The number of fused-ring (bicyclic) bond motifs is 4. The maximum atomic E-state index is 2.24. The van der Waals surface area contributed by atoms with Crippen molar-refractivity contribution in [1.29, 1.82) is 0 Å². The molecule has 0 saturated heterocycles. The summed E-state index contributed by atoms with van der Waals surface area (Å²) in [4.78, 5) is 0. The van der Waals surface area contributed by atoms with Crippen molar-refractivity contribution in [2.45, 2.75) is 0 Å². The Bertz CT molecular complexity index is 1620. The van der Waals surface area contributed by atoms with E-state index in [9.17, 15) is 0 Å². The molecule has 0 heteroatoms. The third kappa shape index (κ3) is 7.43. The van der Waals surface area contributed by atoms with Crippen LogP contribution in [0.2, 0.25) is 0 Å². The van der Waals surface area contributed by atoms with Gasteiger partial charge in [0.2, 0.25) is 0 Å². The molecule has 192 valence electrons. The molecule has 0 heterocycles. The Labute approximate surface area is 237 Å². The molecule has 0 nitrogen and oxygen atoms in total. The van der Waals surface area contributed by atoms with E-state index in [1.807, 2.05) is 42.5 Å². The Hall–Kier alpha value is -5.20. The van der Waals surface area contributed by atoms with Crippen molar-refractivity contribution in [3.05, 3.63) is 194 Å². The second-order valence-corrected chi connectivity index (χ2v) is 9.40. The van der Waals surface area contributed by atoms with Gasteiger partial charge in [0, 0.05) is 0 Å². The fraction of sp³-hybridized carbons (Fsp3) is 0. The first kappa shape index (κ1) is 26.4. The molecule has 40 heavy (non-hydrogen) atoms. The smallest absolute Gasteiger partial charge is 0.0178 e.